The van der Waals surface area contributed by atoms with E-state index in [-0.39, 0.29) is 6.23 Å². The predicted octanol–water partition coefficient (Wildman–Crippen LogP) is 3.99. The van der Waals surface area contributed by atoms with Crippen molar-refractivity contribution in [1.82, 2.24) is 0 Å². The van der Waals surface area contributed by atoms with Crippen molar-refractivity contribution in [2.45, 2.75) is 58.7 Å². The zero-order chi connectivity index (χ0) is 13.0. The molecule has 2 heteroatoms. The van der Waals surface area contributed by atoms with Gasteiger partial charge in [0.15, 0.2) is 0 Å². The van der Waals surface area contributed by atoms with Crippen LogP contribution in [0.15, 0.2) is 24.3 Å². The molecule has 0 radical (unpaired) electrons. The summed E-state index contributed by atoms with van der Waals surface area (Å²) in [6, 6.07) is 9.24. The summed E-state index contributed by atoms with van der Waals surface area (Å²) in [7, 11) is 0. The third-order valence-corrected chi connectivity index (χ3v) is 3.76. The Morgan fingerprint density at radius 3 is 2.89 bits per heavy atom. The standard InChI is InChI=1S/C16H25NO/c1-4-5-8-11-18-14(3)17-13(2)12-15-9-6-7-10-16(15)17/h6-7,9-10,13-14H,4-5,8,11-12H2,1-3H3. The van der Waals surface area contributed by atoms with Gasteiger partial charge in [-0.3, -0.25) is 0 Å². The van der Waals surface area contributed by atoms with Crippen LogP contribution in [-0.2, 0) is 11.2 Å². The Labute approximate surface area is 111 Å². The molecule has 0 saturated carbocycles. The topological polar surface area (TPSA) is 12.5 Å². The highest BCUT2D eigenvalue weighted by atomic mass is 16.5. The molecule has 2 atom stereocenters. The maximum atomic E-state index is 5.98. The summed E-state index contributed by atoms with van der Waals surface area (Å²) in [6.07, 6.45) is 5.00. The van der Waals surface area contributed by atoms with E-state index in [0.717, 1.165) is 13.0 Å². The monoisotopic (exact) mass is 247 g/mol. The first-order valence-corrected chi connectivity index (χ1v) is 7.22. The Morgan fingerprint density at radius 2 is 2.11 bits per heavy atom. The van der Waals surface area contributed by atoms with Crippen molar-refractivity contribution in [1.29, 1.82) is 0 Å². The predicted molar refractivity (Wildman–Crippen MR) is 77.0 cm³/mol. The molecule has 0 bridgehead atoms. The van der Waals surface area contributed by atoms with Crippen LogP contribution in [0.3, 0.4) is 0 Å². The highest BCUT2D eigenvalue weighted by molar-refractivity contribution is 5.59. The number of para-hydroxylation sites is 1. The fourth-order valence-electron chi connectivity index (χ4n) is 2.83. The van der Waals surface area contributed by atoms with Gasteiger partial charge in [0.05, 0.1) is 0 Å². The van der Waals surface area contributed by atoms with Gasteiger partial charge in [-0.25, -0.2) is 0 Å². The van der Waals surface area contributed by atoms with Gasteiger partial charge in [0, 0.05) is 18.3 Å². The Hall–Kier alpha value is -1.02. The summed E-state index contributed by atoms with van der Waals surface area (Å²) in [5.74, 6) is 0. The number of benzene rings is 1. The lowest BCUT2D eigenvalue weighted by atomic mass is 10.1. The minimum absolute atomic E-state index is 0.181. The Bertz CT molecular complexity index is 377. The van der Waals surface area contributed by atoms with Crippen molar-refractivity contribution in [2.24, 2.45) is 0 Å². The lowest BCUT2D eigenvalue weighted by Gasteiger charge is -2.31. The smallest absolute Gasteiger partial charge is 0.127 e. The van der Waals surface area contributed by atoms with E-state index >= 15 is 0 Å². The fraction of sp³-hybridized carbons (Fsp3) is 0.625. The minimum Gasteiger partial charge on any atom is -0.359 e. The highest BCUT2D eigenvalue weighted by Crippen LogP contribution is 2.33. The molecule has 0 saturated heterocycles. The van der Waals surface area contributed by atoms with Crippen molar-refractivity contribution >= 4 is 5.69 Å². The van der Waals surface area contributed by atoms with Crippen LogP contribution in [0.2, 0.25) is 0 Å². The molecule has 18 heavy (non-hydrogen) atoms. The van der Waals surface area contributed by atoms with Crippen LogP contribution in [0.4, 0.5) is 5.69 Å². The van der Waals surface area contributed by atoms with Crippen molar-refractivity contribution in [3.8, 4) is 0 Å². The van der Waals surface area contributed by atoms with Crippen LogP contribution in [-0.4, -0.2) is 18.9 Å². The summed E-state index contributed by atoms with van der Waals surface area (Å²) in [6.45, 7) is 7.55. The number of rotatable bonds is 6. The van der Waals surface area contributed by atoms with Gasteiger partial charge in [-0.05, 0) is 38.3 Å². The average molecular weight is 247 g/mol. The van der Waals surface area contributed by atoms with E-state index in [1.807, 2.05) is 0 Å². The van der Waals surface area contributed by atoms with Gasteiger partial charge in [0.2, 0.25) is 0 Å². The third kappa shape index (κ3) is 2.86. The maximum absolute atomic E-state index is 5.98. The molecular weight excluding hydrogens is 222 g/mol. The van der Waals surface area contributed by atoms with Crippen LogP contribution in [0, 0.1) is 0 Å². The normalized spacial score (nSPS) is 19.9. The molecule has 1 aromatic carbocycles. The molecule has 1 aliphatic heterocycles. The molecule has 0 spiro atoms. The van der Waals surface area contributed by atoms with Crippen molar-refractivity contribution < 1.29 is 4.74 Å². The van der Waals surface area contributed by atoms with Crippen molar-refractivity contribution in [3.63, 3.8) is 0 Å². The van der Waals surface area contributed by atoms with E-state index in [4.69, 9.17) is 4.74 Å². The number of unbranched alkanes of at least 4 members (excludes halogenated alkanes) is 2. The van der Waals surface area contributed by atoms with E-state index in [1.54, 1.807) is 0 Å². The molecule has 0 N–H and O–H groups in total. The lowest BCUT2D eigenvalue weighted by Crippen LogP contribution is -2.39. The second-order valence-electron chi connectivity index (χ2n) is 5.27. The van der Waals surface area contributed by atoms with E-state index < -0.39 is 0 Å². The molecule has 0 aliphatic carbocycles. The lowest BCUT2D eigenvalue weighted by molar-refractivity contribution is 0.0575. The maximum Gasteiger partial charge on any atom is 0.127 e. The van der Waals surface area contributed by atoms with Gasteiger partial charge in [0.25, 0.3) is 0 Å². The number of anilines is 1. The largest absolute Gasteiger partial charge is 0.359 e. The highest BCUT2D eigenvalue weighted by Gasteiger charge is 2.29. The number of fused-ring (bicyclic) bond motifs is 1. The van der Waals surface area contributed by atoms with Gasteiger partial charge < -0.3 is 9.64 Å². The van der Waals surface area contributed by atoms with Gasteiger partial charge in [-0.2, -0.15) is 0 Å². The van der Waals surface area contributed by atoms with Gasteiger partial charge in [-0.15, -0.1) is 0 Å². The zero-order valence-corrected chi connectivity index (χ0v) is 11.9. The number of ether oxygens (including phenoxy) is 1. The second kappa shape index (κ2) is 6.24. The molecular formula is C16H25NO. The molecule has 0 amide bonds. The van der Waals surface area contributed by atoms with Crippen LogP contribution < -0.4 is 4.90 Å². The molecule has 2 nitrogen and oxygen atoms in total. The van der Waals surface area contributed by atoms with E-state index in [9.17, 15) is 0 Å². The van der Waals surface area contributed by atoms with Crippen LogP contribution in [0.1, 0.15) is 45.6 Å². The fourth-order valence-corrected chi connectivity index (χ4v) is 2.83. The molecule has 2 rings (SSSR count). The SMILES string of the molecule is CCCCCOC(C)N1c2ccccc2CC1C. The number of nitrogens with zero attached hydrogens (tertiary/aromatic N) is 1. The molecule has 0 aromatic heterocycles. The second-order valence-corrected chi connectivity index (χ2v) is 5.27. The van der Waals surface area contributed by atoms with Crippen molar-refractivity contribution in [3.05, 3.63) is 29.8 Å². The summed E-state index contributed by atoms with van der Waals surface area (Å²) in [5, 5.41) is 0. The molecule has 2 unspecified atom stereocenters. The minimum atomic E-state index is 0.181. The van der Waals surface area contributed by atoms with Crippen LogP contribution >= 0.6 is 0 Å². The van der Waals surface area contributed by atoms with Crippen LogP contribution in [0.5, 0.6) is 0 Å². The first kappa shape index (κ1) is 13.4. The van der Waals surface area contributed by atoms with Gasteiger partial charge >= 0.3 is 0 Å². The zero-order valence-electron chi connectivity index (χ0n) is 11.9. The van der Waals surface area contributed by atoms with E-state index in [0.29, 0.717) is 6.04 Å². The summed E-state index contributed by atoms with van der Waals surface area (Å²) in [5.41, 5.74) is 2.81. The van der Waals surface area contributed by atoms with E-state index in [2.05, 4.69) is 49.9 Å². The first-order valence-electron chi connectivity index (χ1n) is 7.22. The van der Waals surface area contributed by atoms with E-state index in [1.165, 1.54) is 30.5 Å². The van der Waals surface area contributed by atoms with Crippen LogP contribution in [0.25, 0.3) is 0 Å². The molecule has 0 fully saturated rings. The number of hydrogen-bond donors (Lipinski definition) is 0. The first-order chi connectivity index (χ1) is 8.74. The quantitative estimate of drug-likeness (QED) is 0.705. The summed E-state index contributed by atoms with van der Waals surface area (Å²) >= 11 is 0. The van der Waals surface area contributed by atoms with Gasteiger partial charge in [-0.1, -0.05) is 38.0 Å². The molecule has 1 heterocycles. The Kier molecular flexibility index (Phi) is 4.65. The van der Waals surface area contributed by atoms with Crippen molar-refractivity contribution in [2.75, 3.05) is 11.5 Å². The Balaban J connectivity index is 1.95. The van der Waals surface area contributed by atoms with Gasteiger partial charge in [0.1, 0.15) is 6.23 Å². The molecule has 1 aromatic rings. The summed E-state index contributed by atoms with van der Waals surface area (Å²) < 4.78 is 5.98. The Morgan fingerprint density at radius 1 is 1.33 bits per heavy atom. The number of hydrogen-bond acceptors (Lipinski definition) is 2. The summed E-state index contributed by atoms with van der Waals surface area (Å²) in [4.78, 5) is 2.42. The third-order valence-electron chi connectivity index (χ3n) is 3.76. The molecule has 100 valence electrons. The average Bonchev–Trinajstić information content (AvgIpc) is 2.70. The molecule has 1 aliphatic rings.